The summed E-state index contributed by atoms with van der Waals surface area (Å²) in [6.45, 7) is 2.88. The normalized spacial score (nSPS) is 17.3. The first-order valence-corrected chi connectivity index (χ1v) is 14.3. The summed E-state index contributed by atoms with van der Waals surface area (Å²) >= 11 is 0. The Kier molecular flexibility index (Phi) is 7.26. The van der Waals surface area contributed by atoms with E-state index >= 15 is 17.6 Å². The number of benzene rings is 2. The predicted octanol–water partition coefficient (Wildman–Crippen LogP) is 6.10. The molecule has 1 atom stereocenters. The van der Waals surface area contributed by atoms with Crippen molar-refractivity contribution in [3.05, 3.63) is 150 Å². The molecule has 5 heterocycles. The Balaban J connectivity index is 1.63. The lowest BCUT2D eigenvalue weighted by atomic mass is 9.96. The SMILES string of the molecule is CC1=C2NC(=C(c3c(F)c(F)c(F)c(F)c3F)c3ccc([nH]3)C=C3NC(=CC3C)C=c3ccc([nH]3)=C2c2c(F)c(F)c(F)c(F)c2F)C1=O. The number of halogens is 10. The number of H-pyrrole nitrogens is 2. The maximum Gasteiger partial charge on any atom is 0.207 e. The summed E-state index contributed by atoms with van der Waals surface area (Å²) in [5.41, 5.74) is -5.51. The van der Waals surface area contributed by atoms with E-state index in [-0.39, 0.29) is 28.0 Å². The first kappa shape index (κ1) is 31.8. The number of hydrogen-bond donors (Lipinski definition) is 4. The second kappa shape index (κ2) is 11.2. The molecule has 5 nitrogen and oxygen atoms in total. The first-order valence-electron chi connectivity index (χ1n) is 14.3. The largest absolute Gasteiger partial charge is 0.359 e. The van der Waals surface area contributed by atoms with Crippen molar-refractivity contribution in [3.8, 4) is 0 Å². The number of aromatic nitrogens is 2. The van der Waals surface area contributed by atoms with E-state index in [9.17, 15) is 31.1 Å². The van der Waals surface area contributed by atoms with Gasteiger partial charge in [0.2, 0.25) is 17.4 Å². The topological polar surface area (TPSA) is 72.7 Å². The Hall–Kier alpha value is -5.73. The van der Waals surface area contributed by atoms with Crippen molar-refractivity contribution in [2.24, 2.45) is 5.92 Å². The summed E-state index contributed by atoms with van der Waals surface area (Å²) in [4.78, 5) is 19.5. The van der Waals surface area contributed by atoms with Gasteiger partial charge in [-0.05, 0) is 43.3 Å². The lowest BCUT2D eigenvalue weighted by Gasteiger charge is -2.17. The van der Waals surface area contributed by atoms with Gasteiger partial charge >= 0.3 is 0 Å². The summed E-state index contributed by atoms with van der Waals surface area (Å²) < 4.78 is 148. The number of allylic oxidation sites excluding steroid dienone is 4. The monoisotopic (exact) mass is 688 g/mol. The Labute approximate surface area is 268 Å². The van der Waals surface area contributed by atoms with Gasteiger partial charge in [0, 0.05) is 56.1 Å². The summed E-state index contributed by atoms with van der Waals surface area (Å²) in [6, 6.07) is 5.23. The van der Waals surface area contributed by atoms with Crippen molar-refractivity contribution in [3.63, 3.8) is 0 Å². The molecule has 0 amide bonds. The zero-order chi connectivity index (χ0) is 35.2. The average Bonchev–Trinajstić information content (AvgIpc) is 3.87. The van der Waals surface area contributed by atoms with E-state index < -0.39 is 103 Å². The number of Topliss-reactive ketones (excluding diaryl/α,β-unsaturated/α-hetero) is 1. The number of ketones is 1. The van der Waals surface area contributed by atoms with Crippen LogP contribution in [0.25, 0.3) is 23.3 Å². The zero-order valence-electron chi connectivity index (χ0n) is 24.8. The lowest BCUT2D eigenvalue weighted by Crippen LogP contribution is -2.23. The quantitative estimate of drug-likeness (QED) is 0.117. The van der Waals surface area contributed by atoms with E-state index in [1.54, 1.807) is 18.2 Å². The van der Waals surface area contributed by atoms with Gasteiger partial charge in [0.1, 0.15) is 0 Å². The Morgan fingerprint density at radius 1 is 0.592 bits per heavy atom. The van der Waals surface area contributed by atoms with Crippen LogP contribution in [0.5, 0.6) is 0 Å². The number of aromatic amines is 2. The van der Waals surface area contributed by atoms with E-state index in [2.05, 4.69) is 20.6 Å². The van der Waals surface area contributed by atoms with Gasteiger partial charge in [-0.2, -0.15) is 0 Å². The molecule has 2 aromatic carbocycles. The van der Waals surface area contributed by atoms with Crippen molar-refractivity contribution in [2.45, 2.75) is 13.8 Å². The van der Waals surface area contributed by atoms with E-state index in [0.29, 0.717) is 11.4 Å². The number of nitrogens with one attached hydrogen (secondary N) is 4. The molecule has 4 N–H and O–H groups in total. The molecule has 3 aliphatic heterocycles. The summed E-state index contributed by atoms with van der Waals surface area (Å²) in [5.74, 6) is -24.8. The van der Waals surface area contributed by atoms with Gasteiger partial charge in [-0.15, -0.1) is 0 Å². The van der Waals surface area contributed by atoms with Gasteiger partial charge in [0.25, 0.3) is 0 Å². The summed E-state index contributed by atoms with van der Waals surface area (Å²) in [7, 11) is 0. The third-order valence-electron chi connectivity index (χ3n) is 8.40. The second-order valence-electron chi connectivity index (χ2n) is 11.4. The van der Waals surface area contributed by atoms with Crippen molar-refractivity contribution < 1.29 is 48.7 Å². The number of carbonyl (C=O) groups is 1. The fourth-order valence-corrected chi connectivity index (χ4v) is 5.99. The van der Waals surface area contributed by atoms with Crippen molar-refractivity contribution >= 4 is 29.1 Å². The number of rotatable bonds is 2. The van der Waals surface area contributed by atoms with Gasteiger partial charge in [-0.3, -0.25) is 4.79 Å². The minimum Gasteiger partial charge on any atom is -0.359 e. The Bertz CT molecular complexity index is 2390. The van der Waals surface area contributed by atoms with Crippen LogP contribution in [0.15, 0.2) is 58.7 Å². The van der Waals surface area contributed by atoms with E-state index in [1.807, 2.05) is 6.92 Å². The van der Waals surface area contributed by atoms with Gasteiger partial charge < -0.3 is 20.6 Å². The van der Waals surface area contributed by atoms with Crippen LogP contribution in [-0.2, 0) is 4.79 Å². The maximum absolute atomic E-state index is 15.5. The molecule has 49 heavy (non-hydrogen) atoms. The fourth-order valence-electron chi connectivity index (χ4n) is 5.99. The minimum atomic E-state index is -2.47. The average molecular weight is 689 g/mol. The highest BCUT2D eigenvalue weighted by Gasteiger charge is 2.38. The summed E-state index contributed by atoms with van der Waals surface area (Å²) in [6.07, 6.45) is 4.98. The molecule has 0 saturated carbocycles. The van der Waals surface area contributed by atoms with Gasteiger partial charge in [-0.1, -0.05) is 13.0 Å². The van der Waals surface area contributed by atoms with Crippen LogP contribution in [0.2, 0.25) is 0 Å². The summed E-state index contributed by atoms with van der Waals surface area (Å²) in [5, 5.41) is 5.60. The van der Waals surface area contributed by atoms with E-state index in [1.165, 1.54) is 24.3 Å². The highest BCUT2D eigenvalue weighted by atomic mass is 19.2. The van der Waals surface area contributed by atoms with Crippen molar-refractivity contribution in [1.29, 1.82) is 0 Å². The van der Waals surface area contributed by atoms with Crippen LogP contribution >= 0.6 is 0 Å². The van der Waals surface area contributed by atoms with Crippen molar-refractivity contribution in [2.75, 3.05) is 0 Å². The zero-order valence-corrected chi connectivity index (χ0v) is 24.8. The first-order chi connectivity index (χ1) is 23.2. The molecule has 4 aromatic rings. The third-order valence-corrected chi connectivity index (χ3v) is 8.40. The smallest absolute Gasteiger partial charge is 0.207 e. The highest BCUT2D eigenvalue weighted by Crippen LogP contribution is 2.40. The van der Waals surface area contributed by atoms with Crippen LogP contribution in [0.4, 0.5) is 43.9 Å². The van der Waals surface area contributed by atoms with Gasteiger partial charge in [0.05, 0.1) is 22.5 Å². The second-order valence-corrected chi connectivity index (χ2v) is 11.4. The lowest BCUT2D eigenvalue weighted by molar-refractivity contribution is -0.111. The maximum atomic E-state index is 15.5. The molecular formula is C34H18F10N4O. The molecule has 0 aliphatic carbocycles. The molecule has 7 rings (SSSR count). The minimum absolute atomic E-state index is 0.251. The molecular weight excluding hydrogens is 670 g/mol. The van der Waals surface area contributed by atoms with Gasteiger partial charge in [0.15, 0.2) is 46.5 Å². The van der Waals surface area contributed by atoms with Crippen LogP contribution in [0, 0.1) is 64.1 Å². The molecule has 15 heteroatoms. The van der Waals surface area contributed by atoms with E-state index in [4.69, 9.17) is 0 Å². The number of hydrogen-bond acceptors (Lipinski definition) is 3. The van der Waals surface area contributed by atoms with Crippen LogP contribution in [0.1, 0.15) is 36.4 Å². The standard InChI is InChI=1S/C34H18F10N4O/c1-10-7-14-8-12-3-5-15(45-12)18(20-22(35)26(39)30(43)27(40)23(20)36)32-11(2)34(49)33(48-32)19(16-6-4-13(46-16)9-17(10)47-14)21-24(37)28(41)31(44)29(42)25(21)38/h3-10,45-48H,1-2H3. The molecule has 0 fully saturated rings. The third kappa shape index (κ3) is 4.74. The molecule has 0 saturated heterocycles. The van der Waals surface area contributed by atoms with Crippen LogP contribution in [0.3, 0.4) is 0 Å². The predicted molar refractivity (Wildman–Crippen MR) is 155 cm³/mol. The molecule has 8 bridgehead atoms. The molecule has 250 valence electrons. The fraction of sp³-hybridized carbons (Fsp3) is 0.0882. The molecule has 0 spiro atoms. The molecule has 2 aromatic heterocycles. The number of carbonyl (C=O) groups excluding carboxylic acids is 1. The molecule has 1 unspecified atom stereocenters. The van der Waals surface area contributed by atoms with Crippen molar-refractivity contribution in [1.82, 2.24) is 20.6 Å². The molecule has 3 aliphatic rings. The Morgan fingerprint density at radius 3 is 1.73 bits per heavy atom. The van der Waals surface area contributed by atoms with Crippen LogP contribution in [-0.4, -0.2) is 15.8 Å². The Morgan fingerprint density at radius 2 is 1.14 bits per heavy atom. The van der Waals surface area contributed by atoms with E-state index in [0.717, 1.165) is 6.92 Å². The van der Waals surface area contributed by atoms with Gasteiger partial charge in [-0.25, -0.2) is 43.9 Å². The number of fused-ring (bicyclic) bond motifs is 8. The highest BCUT2D eigenvalue weighted by molar-refractivity contribution is 6.18. The van der Waals surface area contributed by atoms with Crippen LogP contribution < -0.4 is 21.3 Å². The molecule has 0 radical (unpaired) electrons.